The van der Waals surface area contributed by atoms with Gasteiger partial charge in [0.2, 0.25) is 0 Å². The van der Waals surface area contributed by atoms with E-state index in [1.54, 1.807) is 24.3 Å². The quantitative estimate of drug-likeness (QED) is 0.848. The Labute approximate surface area is 146 Å². The number of carbonyl (C=O) groups excluding carboxylic acids is 1. The minimum absolute atomic E-state index is 0.0327. The van der Waals surface area contributed by atoms with Gasteiger partial charge in [-0.15, -0.1) is 0 Å². The lowest BCUT2D eigenvalue weighted by Crippen LogP contribution is -2.20. The molecule has 0 saturated carbocycles. The Morgan fingerprint density at radius 3 is 2.48 bits per heavy atom. The highest BCUT2D eigenvalue weighted by atomic mass is 35.5. The van der Waals surface area contributed by atoms with Crippen LogP contribution >= 0.6 is 11.6 Å². The third-order valence-electron chi connectivity index (χ3n) is 3.13. The number of carbonyl (C=O) groups is 1. The zero-order valence-corrected chi connectivity index (χ0v) is 13.5. The van der Waals surface area contributed by atoms with E-state index in [0.29, 0.717) is 5.75 Å². The van der Waals surface area contributed by atoms with E-state index >= 15 is 0 Å². The Morgan fingerprint density at radius 1 is 1.20 bits per heavy atom. The van der Waals surface area contributed by atoms with Crippen LogP contribution in [0.25, 0.3) is 0 Å². The van der Waals surface area contributed by atoms with Gasteiger partial charge in [0.25, 0.3) is 5.91 Å². The van der Waals surface area contributed by atoms with Gasteiger partial charge in [0.05, 0.1) is 23.1 Å². The molecule has 0 aliphatic carbocycles. The summed E-state index contributed by atoms with van der Waals surface area (Å²) in [5.41, 5.74) is -0.254. The zero-order chi connectivity index (χ0) is 18.4. The molecule has 0 atom stereocenters. The van der Waals surface area contributed by atoms with Gasteiger partial charge in [0.1, 0.15) is 5.75 Å². The van der Waals surface area contributed by atoms with Gasteiger partial charge in [0.15, 0.2) is 6.61 Å². The van der Waals surface area contributed by atoms with E-state index in [9.17, 15) is 18.0 Å². The molecule has 2 rings (SSSR count). The van der Waals surface area contributed by atoms with Gasteiger partial charge >= 0.3 is 6.18 Å². The predicted octanol–water partition coefficient (Wildman–Crippen LogP) is 4.44. The van der Waals surface area contributed by atoms with Crippen molar-refractivity contribution in [3.05, 3.63) is 58.6 Å². The lowest BCUT2D eigenvalue weighted by Gasteiger charge is -2.12. The summed E-state index contributed by atoms with van der Waals surface area (Å²) in [6.45, 7) is -0.373. The molecule has 1 N–H and O–H groups in total. The molecule has 2 aromatic rings. The number of benzene rings is 2. The second-order valence-corrected chi connectivity index (χ2v) is 5.42. The molecule has 0 saturated heterocycles. The average molecular weight is 369 g/mol. The van der Waals surface area contributed by atoms with Gasteiger partial charge in [0, 0.05) is 5.69 Å². The van der Waals surface area contributed by atoms with Gasteiger partial charge < -0.3 is 10.1 Å². The lowest BCUT2D eigenvalue weighted by molar-refractivity contribution is -0.137. The van der Waals surface area contributed by atoms with Crippen LogP contribution in [-0.2, 0) is 17.4 Å². The molecule has 4 nitrogen and oxygen atoms in total. The fraction of sp³-hybridized carbons (Fsp3) is 0.176. The number of hydrogen-bond donors (Lipinski definition) is 1. The Kier molecular flexibility index (Phi) is 5.88. The molecule has 0 spiro atoms. The summed E-state index contributed by atoms with van der Waals surface area (Å²) in [4.78, 5) is 11.8. The Bertz CT molecular complexity index is 799. The molecule has 1 amide bonds. The monoisotopic (exact) mass is 368 g/mol. The van der Waals surface area contributed by atoms with E-state index in [1.165, 1.54) is 6.07 Å². The van der Waals surface area contributed by atoms with Crippen LogP contribution in [0.4, 0.5) is 18.9 Å². The van der Waals surface area contributed by atoms with Gasteiger partial charge in [-0.2, -0.15) is 18.4 Å². The Morgan fingerprint density at radius 2 is 1.88 bits per heavy atom. The molecule has 0 aliphatic rings. The predicted molar refractivity (Wildman–Crippen MR) is 86.3 cm³/mol. The number of alkyl halides is 3. The molecule has 2 aromatic carbocycles. The molecule has 0 fully saturated rings. The van der Waals surface area contributed by atoms with Crippen LogP contribution < -0.4 is 10.1 Å². The minimum Gasteiger partial charge on any atom is -0.484 e. The van der Waals surface area contributed by atoms with Crippen LogP contribution in [0.15, 0.2) is 42.5 Å². The summed E-state index contributed by atoms with van der Waals surface area (Å²) < 4.78 is 43.6. The van der Waals surface area contributed by atoms with Crippen LogP contribution in [0.1, 0.15) is 11.1 Å². The number of halogens is 4. The highest BCUT2D eigenvalue weighted by Crippen LogP contribution is 2.36. The van der Waals surface area contributed by atoms with E-state index in [1.807, 2.05) is 6.07 Å². The molecule has 0 unspecified atom stereocenters. The molecule has 130 valence electrons. The van der Waals surface area contributed by atoms with Gasteiger partial charge in [-0.1, -0.05) is 23.7 Å². The maximum absolute atomic E-state index is 12.8. The van der Waals surface area contributed by atoms with Gasteiger partial charge in [-0.25, -0.2) is 0 Å². The highest BCUT2D eigenvalue weighted by molar-refractivity contribution is 6.31. The van der Waals surface area contributed by atoms with E-state index in [0.717, 1.165) is 17.7 Å². The number of anilines is 1. The van der Waals surface area contributed by atoms with Crippen molar-refractivity contribution in [3.63, 3.8) is 0 Å². The molecule has 0 radical (unpaired) electrons. The van der Waals surface area contributed by atoms with Crippen molar-refractivity contribution in [2.45, 2.75) is 12.6 Å². The summed E-state index contributed by atoms with van der Waals surface area (Å²) in [5, 5.41) is 10.5. The molecule has 0 aromatic heterocycles. The molecular formula is C17H12ClF3N2O2. The summed E-state index contributed by atoms with van der Waals surface area (Å²) in [5.74, 6) is -0.208. The van der Waals surface area contributed by atoms with Crippen LogP contribution in [0.2, 0.25) is 5.02 Å². The van der Waals surface area contributed by atoms with Gasteiger partial charge in [-0.05, 0) is 35.9 Å². The van der Waals surface area contributed by atoms with Crippen LogP contribution in [0.5, 0.6) is 5.75 Å². The van der Waals surface area contributed by atoms with Crippen molar-refractivity contribution >= 4 is 23.2 Å². The first kappa shape index (κ1) is 18.6. The normalized spacial score (nSPS) is 10.8. The first-order chi connectivity index (χ1) is 11.8. The molecule has 0 heterocycles. The van der Waals surface area contributed by atoms with E-state index < -0.39 is 22.7 Å². The average Bonchev–Trinajstić information content (AvgIpc) is 2.55. The van der Waals surface area contributed by atoms with E-state index in [4.69, 9.17) is 21.6 Å². The van der Waals surface area contributed by atoms with E-state index in [-0.39, 0.29) is 18.7 Å². The van der Waals surface area contributed by atoms with Crippen LogP contribution in [0, 0.1) is 11.3 Å². The second-order valence-electron chi connectivity index (χ2n) is 5.01. The maximum atomic E-state index is 12.8. The smallest absolute Gasteiger partial charge is 0.417 e. The number of nitriles is 1. The van der Waals surface area contributed by atoms with Crippen molar-refractivity contribution in [1.82, 2.24) is 0 Å². The maximum Gasteiger partial charge on any atom is 0.417 e. The first-order valence-electron chi connectivity index (χ1n) is 7.05. The standard InChI is InChI=1S/C17H12ClF3N2O2/c18-15-6-3-12(9-14(15)17(19,20)21)23-16(24)10-25-13-4-1-11(2-5-13)7-8-22/h1-6,9H,7,10H2,(H,23,24). The van der Waals surface area contributed by atoms with Crippen molar-refractivity contribution in [1.29, 1.82) is 5.26 Å². The van der Waals surface area contributed by atoms with Crippen molar-refractivity contribution in [2.24, 2.45) is 0 Å². The Balaban J connectivity index is 1.95. The lowest BCUT2D eigenvalue weighted by atomic mass is 10.2. The number of amides is 1. The van der Waals surface area contributed by atoms with E-state index in [2.05, 4.69) is 5.32 Å². The third-order valence-corrected chi connectivity index (χ3v) is 3.46. The van der Waals surface area contributed by atoms with Crippen molar-refractivity contribution < 1.29 is 22.7 Å². The molecular weight excluding hydrogens is 357 g/mol. The number of nitrogens with zero attached hydrogens (tertiary/aromatic N) is 1. The van der Waals surface area contributed by atoms with Crippen molar-refractivity contribution in [3.8, 4) is 11.8 Å². The third kappa shape index (κ3) is 5.40. The largest absolute Gasteiger partial charge is 0.484 e. The fourth-order valence-electron chi connectivity index (χ4n) is 1.96. The summed E-state index contributed by atoms with van der Waals surface area (Å²) in [7, 11) is 0. The number of nitrogens with one attached hydrogen (secondary N) is 1. The number of rotatable bonds is 5. The van der Waals surface area contributed by atoms with Crippen LogP contribution in [-0.4, -0.2) is 12.5 Å². The minimum atomic E-state index is -4.61. The van der Waals surface area contributed by atoms with Gasteiger partial charge in [-0.3, -0.25) is 4.79 Å². The highest BCUT2D eigenvalue weighted by Gasteiger charge is 2.33. The SMILES string of the molecule is N#CCc1ccc(OCC(=O)Nc2ccc(Cl)c(C(F)(F)F)c2)cc1. The molecule has 25 heavy (non-hydrogen) atoms. The molecule has 8 heteroatoms. The molecule has 0 bridgehead atoms. The number of hydrogen-bond acceptors (Lipinski definition) is 3. The number of ether oxygens (including phenoxy) is 1. The second kappa shape index (κ2) is 7.90. The molecule has 0 aliphatic heterocycles. The zero-order valence-electron chi connectivity index (χ0n) is 12.7. The first-order valence-corrected chi connectivity index (χ1v) is 7.42. The van der Waals surface area contributed by atoms with Crippen molar-refractivity contribution in [2.75, 3.05) is 11.9 Å². The summed E-state index contributed by atoms with van der Waals surface area (Å²) in [6.07, 6.45) is -4.35. The fourth-order valence-corrected chi connectivity index (χ4v) is 2.19. The summed E-state index contributed by atoms with van der Waals surface area (Å²) in [6, 6.07) is 11.7. The Hall–Kier alpha value is -2.72. The van der Waals surface area contributed by atoms with Crippen LogP contribution in [0.3, 0.4) is 0 Å². The summed E-state index contributed by atoms with van der Waals surface area (Å²) >= 11 is 5.52. The topological polar surface area (TPSA) is 62.1 Å².